The largest absolute Gasteiger partial charge is 0.363 e. The summed E-state index contributed by atoms with van der Waals surface area (Å²) in [6.07, 6.45) is 4.24. The van der Waals surface area contributed by atoms with Crippen molar-refractivity contribution in [3.63, 3.8) is 0 Å². The molecular formula is C20H19N3. The van der Waals surface area contributed by atoms with Gasteiger partial charge in [-0.25, -0.2) is 0 Å². The van der Waals surface area contributed by atoms with Crippen LogP contribution in [0.3, 0.4) is 0 Å². The van der Waals surface area contributed by atoms with Gasteiger partial charge in [-0.2, -0.15) is 0 Å². The fraction of sp³-hybridized carbons (Fsp3) is 0.100. The van der Waals surface area contributed by atoms with Gasteiger partial charge >= 0.3 is 0 Å². The fourth-order valence-corrected chi connectivity index (χ4v) is 2.93. The maximum absolute atomic E-state index is 3.56. The van der Waals surface area contributed by atoms with Gasteiger partial charge < -0.3 is 4.98 Å². The first kappa shape index (κ1) is 13.7. The zero-order chi connectivity index (χ0) is 15.6. The minimum absolute atomic E-state index is 0.142. The van der Waals surface area contributed by atoms with Gasteiger partial charge in [0.2, 0.25) is 0 Å². The topological polar surface area (TPSA) is 31.1 Å². The van der Waals surface area contributed by atoms with E-state index in [9.17, 15) is 0 Å². The van der Waals surface area contributed by atoms with Gasteiger partial charge in [-0.1, -0.05) is 48.0 Å². The van der Waals surface area contributed by atoms with Crippen LogP contribution >= 0.6 is 0 Å². The van der Waals surface area contributed by atoms with Crippen LogP contribution in [-0.2, 0) is 0 Å². The predicted molar refractivity (Wildman–Crippen MR) is 94.7 cm³/mol. The molecule has 4 rings (SSSR count). The third-order valence-corrected chi connectivity index (χ3v) is 4.18. The highest BCUT2D eigenvalue weighted by atomic mass is 15.5. The van der Waals surface area contributed by atoms with Crippen molar-refractivity contribution in [3.05, 3.63) is 95.8 Å². The third-order valence-electron chi connectivity index (χ3n) is 4.18. The monoisotopic (exact) mass is 301 g/mol. The molecule has 0 bridgehead atoms. The van der Waals surface area contributed by atoms with Crippen molar-refractivity contribution < 1.29 is 0 Å². The van der Waals surface area contributed by atoms with Crippen LogP contribution < -0.4 is 10.4 Å². The minimum atomic E-state index is 0.142. The predicted octanol–water partition coefficient (Wildman–Crippen LogP) is 4.43. The summed E-state index contributed by atoms with van der Waals surface area (Å²) in [5.41, 5.74) is 9.47. The van der Waals surface area contributed by atoms with Gasteiger partial charge in [-0.05, 0) is 42.8 Å². The van der Waals surface area contributed by atoms with Crippen molar-refractivity contribution in [2.45, 2.75) is 13.0 Å². The quantitative estimate of drug-likeness (QED) is 0.750. The molecule has 1 aromatic heterocycles. The standard InChI is InChI=1S/C20H19N3/c1-15-9-11-16(12-10-15)19-14-20(18-8-5-13-21-18)23(22-19)17-6-3-2-4-7-17/h2-14,20-22H,1H3. The molecule has 0 fully saturated rings. The van der Waals surface area contributed by atoms with Crippen molar-refractivity contribution in [1.29, 1.82) is 0 Å². The molecule has 0 spiro atoms. The Morgan fingerprint density at radius 2 is 1.65 bits per heavy atom. The Morgan fingerprint density at radius 3 is 2.35 bits per heavy atom. The lowest BCUT2D eigenvalue weighted by molar-refractivity contribution is 0.710. The molecule has 3 nitrogen and oxygen atoms in total. The molecule has 1 unspecified atom stereocenters. The fourth-order valence-electron chi connectivity index (χ4n) is 2.93. The number of para-hydroxylation sites is 1. The van der Waals surface area contributed by atoms with E-state index < -0.39 is 0 Å². The average molecular weight is 301 g/mol. The number of hydrogen-bond acceptors (Lipinski definition) is 2. The Morgan fingerprint density at radius 1 is 0.870 bits per heavy atom. The second-order valence-corrected chi connectivity index (χ2v) is 5.83. The highest BCUT2D eigenvalue weighted by molar-refractivity contribution is 5.72. The Kier molecular flexibility index (Phi) is 3.39. The zero-order valence-corrected chi connectivity index (χ0v) is 13.0. The maximum atomic E-state index is 3.56. The van der Waals surface area contributed by atoms with Gasteiger partial charge in [-0.15, -0.1) is 0 Å². The smallest absolute Gasteiger partial charge is 0.111 e. The van der Waals surface area contributed by atoms with E-state index in [-0.39, 0.29) is 6.04 Å². The highest BCUT2D eigenvalue weighted by Gasteiger charge is 2.27. The lowest BCUT2D eigenvalue weighted by Crippen LogP contribution is -2.34. The summed E-state index contributed by atoms with van der Waals surface area (Å²) in [5, 5.41) is 2.20. The Balaban J connectivity index is 1.73. The molecule has 1 aliphatic rings. The molecular weight excluding hydrogens is 282 g/mol. The van der Waals surface area contributed by atoms with Crippen molar-refractivity contribution in [3.8, 4) is 0 Å². The van der Waals surface area contributed by atoms with E-state index in [1.807, 2.05) is 18.3 Å². The number of H-pyrrole nitrogens is 1. The first-order chi connectivity index (χ1) is 11.3. The van der Waals surface area contributed by atoms with Gasteiger partial charge in [0.1, 0.15) is 6.04 Å². The molecule has 0 amide bonds. The molecule has 3 aromatic rings. The second-order valence-electron chi connectivity index (χ2n) is 5.83. The minimum Gasteiger partial charge on any atom is -0.363 e. The first-order valence-electron chi connectivity index (χ1n) is 7.84. The van der Waals surface area contributed by atoms with Gasteiger partial charge in [-0.3, -0.25) is 10.4 Å². The van der Waals surface area contributed by atoms with Crippen LogP contribution in [0.4, 0.5) is 5.69 Å². The number of nitrogens with zero attached hydrogens (tertiary/aromatic N) is 1. The highest BCUT2D eigenvalue weighted by Crippen LogP contribution is 2.34. The Bertz CT molecular complexity index is 802. The van der Waals surface area contributed by atoms with Crippen LogP contribution in [-0.4, -0.2) is 4.98 Å². The molecule has 1 aliphatic heterocycles. The van der Waals surface area contributed by atoms with E-state index in [2.05, 4.69) is 83.0 Å². The number of benzene rings is 2. The van der Waals surface area contributed by atoms with Crippen LogP contribution in [0.1, 0.15) is 22.9 Å². The van der Waals surface area contributed by atoms with E-state index in [1.54, 1.807) is 0 Å². The van der Waals surface area contributed by atoms with Crippen LogP contribution in [0.25, 0.3) is 5.70 Å². The van der Waals surface area contributed by atoms with Gasteiger partial charge in [0, 0.05) is 11.9 Å². The van der Waals surface area contributed by atoms with Crippen molar-refractivity contribution in [2.75, 3.05) is 5.01 Å². The molecule has 0 radical (unpaired) electrons. The molecule has 23 heavy (non-hydrogen) atoms. The van der Waals surface area contributed by atoms with Gasteiger partial charge in [0.05, 0.1) is 11.4 Å². The third kappa shape index (κ3) is 2.61. The van der Waals surface area contributed by atoms with Crippen molar-refractivity contribution in [1.82, 2.24) is 10.4 Å². The lowest BCUT2D eigenvalue weighted by Gasteiger charge is -2.26. The number of hydrazine groups is 1. The number of rotatable bonds is 3. The summed E-state index contributed by atoms with van der Waals surface area (Å²) in [6, 6.07) is 23.3. The van der Waals surface area contributed by atoms with Crippen LogP contribution in [0.5, 0.6) is 0 Å². The molecule has 2 N–H and O–H groups in total. The zero-order valence-electron chi connectivity index (χ0n) is 13.0. The van der Waals surface area contributed by atoms with E-state index in [0.29, 0.717) is 0 Å². The van der Waals surface area contributed by atoms with E-state index in [4.69, 9.17) is 0 Å². The summed E-state index contributed by atoms with van der Waals surface area (Å²) < 4.78 is 0. The molecule has 0 aliphatic carbocycles. The Hall–Kier alpha value is -2.94. The number of nitrogens with one attached hydrogen (secondary N) is 2. The van der Waals surface area contributed by atoms with Crippen LogP contribution in [0, 0.1) is 6.92 Å². The summed E-state index contributed by atoms with van der Waals surface area (Å²) in [4.78, 5) is 3.33. The number of anilines is 1. The lowest BCUT2D eigenvalue weighted by atomic mass is 10.1. The first-order valence-corrected chi connectivity index (χ1v) is 7.84. The van der Waals surface area contributed by atoms with E-state index in [1.165, 1.54) is 16.8 Å². The average Bonchev–Trinajstić information content (AvgIpc) is 3.26. The van der Waals surface area contributed by atoms with E-state index in [0.717, 1.165) is 11.4 Å². The molecule has 2 heterocycles. The summed E-state index contributed by atoms with van der Waals surface area (Å²) in [7, 11) is 0. The number of aromatic nitrogens is 1. The number of aromatic amines is 1. The SMILES string of the molecule is Cc1ccc(C2=CC(c3ccc[nH]3)N(c3ccccc3)N2)cc1. The van der Waals surface area contributed by atoms with E-state index >= 15 is 0 Å². The molecule has 114 valence electrons. The van der Waals surface area contributed by atoms with Crippen molar-refractivity contribution >= 4 is 11.4 Å². The van der Waals surface area contributed by atoms with Crippen LogP contribution in [0.15, 0.2) is 79.0 Å². The van der Waals surface area contributed by atoms with Gasteiger partial charge in [0.25, 0.3) is 0 Å². The Labute approximate surface area is 136 Å². The molecule has 1 atom stereocenters. The number of hydrogen-bond donors (Lipinski definition) is 2. The van der Waals surface area contributed by atoms with Crippen LogP contribution in [0.2, 0.25) is 0 Å². The molecule has 2 aromatic carbocycles. The summed E-state index contributed by atoms with van der Waals surface area (Å²) in [6.45, 7) is 2.11. The molecule has 0 saturated heterocycles. The molecule has 0 saturated carbocycles. The maximum Gasteiger partial charge on any atom is 0.111 e. The summed E-state index contributed by atoms with van der Waals surface area (Å²) >= 11 is 0. The number of aryl methyl sites for hydroxylation is 1. The second kappa shape index (κ2) is 5.69. The molecule has 3 heteroatoms. The normalized spacial score (nSPS) is 17.0. The van der Waals surface area contributed by atoms with Crippen molar-refractivity contribution in [2.24, 2.45) is 0 Å². The van der Waals surface area contributed by atoms with Gasteiger partial charge in [0.15, 0.2) is 0 Å². The summed E-state index contributed by atoms with van der Waals surface area (Å²) in [5.74, 6) is 0.